The number of aromatic nitrogens is 2. The molecule has 15 heavy (non-hydrogen) atoms. The standard InChI is InChI=1S/C11H15N3S/c1-4-5-9-13-10(12-3)8-6-7(2)15-11(8)14-9/h6H,4-5H2,1-3H3,(H,12,13,14). The highest BCUT2D eigenvalue weighted by atomic mass is 32.1. The summed E-state index contributed by atoms with van der Waals surface area (Å²) in [7, 11) is 1.91. The molecule has 0 aliphatic heterocycles. The van der Waals surface area contributed by atoms with E-state index in [0.29, 0.717) is 0 Å². The first kappa shape index (κ1) is 10.4. The van der Waals surface area contributed by atoms with Gasteiger partial charge in [-0.1, -0.05) is 6.92 Å². The second kappa shape index (κ2) is 4.14. The Morgan fingerprint density at radius 2 is 2.20 bits per heavy atom. The summed E-state index contributed by atoms with van der Waals surface area (Å²) >= 11 is 1.73. The SMILES string of the molecule is CCCc1nc(NC)c2cc(C)sc2n1. The highest BCUT2D eigenvalue weighted by Crippen LogP contribution is 2.28. The zero-order chi connectivity index (χ0) is 10.8. The Kier molecular flexibility index (Phi) is 2.86. The first-order valence-electron chi connectivity index (χ1n) is 5.19. The summed E-state index contributed by atoms with van der Waals surface area (Å²) in [6.07, 6.45) is 2.03. The van der Waals surface area contributed by atoms with Gasteiger partial charge in [0.2, 0.25) is 0 Å². The molecule has 0 aliphatic carbocycles. The van der Waals surface area contributed by atoms with Crippen LogP contribution >= 0.6 is 11.3 Å². The molecule has 3 nitrogen and oxygen atoms in total. The van der Waals surface area contributed by atoms with E-state index in [9.17, 15) is 0 Å². The number of nitrogens with one attached hydrogen (secondary N) is 1. The molecule has 0 aromatic carbocycles. The van der Waals surface area contributed by atoms with E-state index in [1.807, 2.05) is 7.05 Å². The van der Waals surface area contributed by atoms with Gasteiger partial charge in [0, 0.05) is 18.3 Å². The minimum absolute atomic E-state index is 0.941. The largest absolute Gasteiger partial charge is 0.372 e. The Morgan fingerprint density at radius 1 is 1.40 bits per heavy atom. The molecule has 0 fully saturated rings. The molecule has 2 rings (SSSR count). The summed E-state index contributed by atoms with van der Waals surface area (Å²) in [5.74, 6) is 1.89. The first-order chi connectivity index (χ1) is 7.24. The maximum atomic E-state index is 4.56. The highest BCUT2D eigenvalue weighted by Gasteiger charge is 2.08. The fourth-order valence-corrected chi connectivity index (χ4v) is 2.51. The minimum atomic E-state index is 0.941. The molecule has 0 saturated carbocycles. The van der Waals surface area contributed by atoms with Crippen molar-refractivity contribution in [2.45, 2.75) is 26.7 Å². The van der Waals surface area contributed by atoms with E-state index in [0.717, 1.165) is 34.7 Å². The fourth-order valence-electron chi connectivity index (χ4n) is 1.61. The zero-order valence-corrected chi connectivity index (χ0v) is 10.1. The number of hydrogen-bond donors (Lipinski definition) is 1. The molecule has 0 spiro atoms. The Labute approximate surface area is 93.6 Å². The van der Waals surface area contributed by atoms with Crippen LogP contribution in [0.1, 0.15) is 24.0 Å². The van der Waals surface area contributed by atoms with Gasteiger partial charge in [0.05, 0.1) is 5.39 Å². The molecule has 2 heterocycles. The smallest absolute Gasteiger partial charge is 0.138 e. The maximum absolute atomic E-state index is 4.56. The quantitative estimate of drug-likeness (QED) is 0.865. The van der Waals surface area contributed by atoms with Crippen molar-refractivity contribution < 1.29 is 0 Å². The van der Waals surface area contributed by atoms with Gasteiger partial charge in [-0.05, 0) is 19.4 Å². The number of nitrogens with zero attached hydrogens (tertiary/aromatic N) is 2. The summed E-state index contributed by atoms with van der Waals surface area (Å²) in [6.45, 7) is 4.25. The van der Waals surface area contributed by atoms with Crippen molar-refractivity contribution in [1.29, 1.82) is 0 Å². The molecule has 80 valence electrons. The molecule has 0 amide bonds. The maximum Gasteiger partial charge on any atom is 0.138 e. The summed E-state index contributed by atoms with van der Waals surface area (Å²) in [5, 5.41) is 4.28. The van der Waals surface area contributed by atoms with Crippen LogP contribution in [0.2, 0.25) is 0 Å². The van der Waals surface area contributed by atoms with E-state index >= 15 is 0 Å². The van der Waals surface area contributed by atoms with Crippen molar-refractivity contribution in [1.82, 2.24) is 9.97 Å². The van der Waals surface area contributed by atoms with Gasteiger partial charge < -0.3 is 5.32 Å². The second-order valence-corrected chi connectivity index (χ2v) is 4.80. The lowest BCUT2D eigenvalue weighted by atomic mass is 10.3. The van der Waals surface area contributed by atoms with Gasteiger partial charge in [0.25, 0.3) is 0 Å². The third kappa shape index (κ3) is 1.95. The van der Waals surface area contributed by atoms with Crippen molar-refractivity contribution in [3.05, 3.63) is 16.8 Å². The Morgan fingerprint density at radius 3 is 2.87 bits per heavy atom. The number of anilines is 1. The van der Waals surface area contributed by atoms with Crippen molar-refractivity contribution in [2.75, 3.05) is 12.4 Å². The van der Waals surface area contributed by atoms with E-state index in [4.69, 9.17) is 0 Å². The number of fused-ring (bicyclic) bond motifs is 1. The molecule has 0 unspecified atom stereocenters. The summed E-state index contributed by atoms with van der Waals surface area (Å²) in [5.41, 5.74) is 0. The number of thiophene rings is 1. The molecule has 2 aromatic heterocycles. The minimum Gasteiger partial charge on any atom is -0.372 e. The molecule has 2 aromatic rings. The topological polar surface area (TPSA) is 37.8 Å². The average Bonchev–Trinajstić information content (AvgIpc) is 2.57. The molecule has 1 N–H and O–H groups in total. The Hall–Kier alpha value is -1.16. The van der Waals surface area contributed by atoms with Crippen molar-refractivity contribution in [2.24, 2.45) is 0 Å². The van der Waals surface area contributed by atoms with Crippen LogP contribution in [-0.4, -0.2) is 17.0 Å². The molecule has 0 atom stereocenters. The van der Waals surface area contributed by atoms with E-state index in [-0.39, 0.29) is 0 Å². The monoisotopic (exact) mass is 221 g/mol. The van der Waals surface area contributed by atoms with E-state index < -0.39 is 0 Å². The fraction of sp³-hybridized carbons (Fsp3) is 0.455. The molecule has 0 bridgehead atoms. The highest BCUT2D eigenvalue weighted by molar-refractivity contribution is 7.18. The van der Waals surface area contributed by atoms with Gasteiger partial charge in [0.15, 0.2) is 0 Å². The van der Waals surface area contributed by atoms with Gasteiger partial charge in [-0.25, -0.2) is 9.97 Å². The van der Waals surface area contributed by atoms with Gasteiger partial charge in [-0.15, -0.1) is 11.3 Å². The number of aryl methyl sites for hydroxylation is 2. The Balaban J connectivity index is 2.59. The van der Waals surface area contributed by atoms with Crippen LogP contribution in [0.4, 0.5) is 5.82 Å². The van der Waals surface area contributed by atoms with Gasteiger partial charge in [-0.3, -0.25) is 0 Å². The van der Waals surface area contributed by atoms with Gasteiger partial charge >= 0.3 is 0 Å². The third-order valence-corrected chi connectivity index (χ3v) is 3.22. The molecule has 0 radical (unpaired) electrons. The van der Waals surface area contributed by atoms with E-state index in [2.05, 4.69) is 35.2 Å². The zero-order valence-electron chi connectivity index (χ0n) is 9.29. The van der Waals surface area contributed by atoms with Crippen molar-refractivity contribution >= 4 is 27.4 Å². The predicted molar refractivity (Wildman–Crippen MR) is 65.7 cm³/mol. The van der Waals surface area contributed by atoms with Crippen molar-refractivity contribution in [3.63, 3.8) is 0 Å². The summed E-state index contributed by atoms with van der Waals surface area (Å²) in [4.78, 5) is 11.4. The third-order valence-electron chi connectivity index (χ3n) is 2.27. The molecule has 0 aliphatic rings. The Bertz CT molecular complexity index is 476. The van der Waals surface area contributed by atoms with Gasteiger partial charge in [0.1, 0.15) is 16.5 Å². The summed E-state index contributed by atoms with van der Waals surface area (Å²) < 4.78 is 0. The lowest BCUT2D eigenvalue weighted by Crippen LogP contribution is -1.99. The van der Waals surface area contributed by atoms with Gasteiger partial charge in [-0.2, -0.15) is 0 Å². The normalized spacial score (nSPS) is 10.9. The lowest BCUT2D eigenvalue weighted by Gasteiger charge is -2.03. The molecule has 0 saturated heterocycles. The molecule has 4 heteroatoms. The van der Waals surface area contributed by atoms with Crippen LogP contribution in [0, 0.1) is 6.92 Å². The average molecular weight is 221 g/mol. The van der Waals surface area contributed by atoms with Crippen molar-refractivity contribution in [3.8, 4) is 0 Å². The number of hydrogen-bond acceptors (Lipinski definition) is 4. The molecular weight excluding hydrogens is 206 g/mol. The van der Waals surface area contributed by atoms with E-state index in [1.54, 1.807) is 11.3 Å². The van der Waals surface area contributed by atoms with Crippen LogP contribution in [0.15, 0.2) is 6.07 Å². The van der Waals surface area contributed by atoms with E-state index in [1.165, 1.54) is 4.88 Å². The van der Waals surface area contributed by atoms with Crippen LogP contribution in [0.5, 0.6) is 0 Å². The number of rotatable bonds is 3. The first-order valence-corrected chi connectivity index (χ1v) is 6.01. The predicted octanol–water partition coefficient (Wildman–Crippen LogP) is 2.99. The van der Waals surface area contributed by atoms with Crippen LogP contribution < -0.4 is 5.32 Å². The molecular formula is C11H15N3S. The van der Waals surface area contributed by atoms with Crippen LogP contribution in [0.25, 0.3) is 10.2 Å². The van der Waals surface area contributed by atoms with Crippen LogP contribution in [0.3, 0.4) is 0 Å². The lowest BCUT2D eigenvalue weighted by molar-refractivity contribution is 0.847. The van der Waals surface area contributed by atoms with Crippen LogP contribution in [-0.2, 0) is 6.42 Å². The summed E-state index contributed by atoms with van der Waals surface area (Å²) in [6, 6.07) is 2.14. The second-order valence-electron chi connectivity index (χ2n) is 3.56.